The normalized spacial score (nSPS) is 10.9. The zero-order chi connectivity index (χ0) is 14.8. The summed E-state index contributed by atoms with van der Waals surface area (Å²) in [6.45, 7) is 6.51. The van der Waals surface area contributed by atoms with Gasteiger partial charge in [-0.25, -0.2) is 0 Å². The predicted octanol–water partition coefficient (Wildman–Crippen LogP) is 5.95. The van der Waals surface area contributed by atoms with Gasteiger partial charge in [0.15, 0.2) is 0 Å². The standard InChI is InChI=1S/C19H32O/c1-4-6-8-10-12-17-14-16(3)19(20)18(15-17)13-11-9-7-5-2/h14-15,20H,4-13H2,1-3H3. The molecule has 0 radical (unpaired) electrons. The van der Waals surface area contributed by atoms with Crippen LogP contribution in [0.5, 0.6) is 5.75 Å². The monoisotopic (exact) mass is 276 g/mol. The quantitative estimate of drug-likeness (QED) is 0.524. The van der Waals surface area contributed by atoms with Crippen LogP contribution >= 0.6 is 0 Å². The second kappa shape index (κ2) is 9.85. The molecule has 0 aromatic heterocycles. The summed E-state index contributed by atoms with van der Waals surface area (Å²) in [5, 5.41) is 10.2. The van der Waals surface area contributed by atoms with Crippen LogP contribution in [0.2, 0.25) is 0 Å². The van der Waals surface area contributed by atoms with Gasteiger partial charge in [0.2, 0.25) is 0 Å². The molecule has 1 aromatic carbocycles. The first kappa shape index (κ1) is 17.1. The number of benzene rings is 1. The lowest BCUT2D eigenvalue weighted by Crippen LogP contribution is -1.94. The highest BCUT2D eigenvalue weighted by molar-refractivity contribution is 5.43. The van der Waals surface area contributed by atoms with E-state index in [1.165, 1.54) is 56.9 Å². The van der Waals surface area contributed by atoms with E-state index in [1.54, 1.807) is 0 Å². The molecule has 1 heteroatoms. The highest BCUT2D eigenvalue weighted by Crippen LogP contribution is 2.26. The average Bonchev–Trinajstić information content (AvgIpc) is 2.44. The predicted molar refractivity (Wildman–Crippen MR) is 88.5 cm³/mol. The summed E-state index contributed by atoms with van der Waals surface area (Å²) in [6.07, 6.45) is 12.4. The van der Waals surface area contributed by atoms with Crippen LogP contribution in [0.4, 0.5) is 0 Å². The second-order valence-electron chi connectivity index (χ2n) is 6.04. The Balaban J connectivity index is 2.56. The molecule has 1 aromatic rings. The van der Waals surface area contributed by atoms with Crippen LogP contribution in [-0.4, -0.2) is 5.11 Å². The number of hydrogen-bond donors (Lipinski definition) is 1. The molecule has 0 aliphatic carbocycles. The van der Waals surface area contributed by atoms with Crippen molar-refractivity contribution in [2.24, 2.45) is 0 Å². The van der Waals surface area contributed by atoms with Crippen LogP contribution < -0.4 is 0 Å². The highest BCUT2D eigenvalue weighted by atomic mass is 16.3. The van der Waals surface area contributed by atoms with Gasteiger partial charge in [-0.05, 0) is 49.3 Å². The van der Waals surface area contributed by atoms with E-state index in [9.17, 15) is 5.11 Å². The lowest BCUT2D eigenvalue weighted by Gasteiger charge is -2.11. The Morgan fingerprint density at radius 2 is 1.40 bits per heavy atom. The van der Waals surface area contributed by atoms with E-state index in [0.717, 1.165) is 24.0 Å². The third-order valence-corrected chi connectivity index (χ3v) is 4.06. The molecule has 0 amide bonds. The van der Waals surface area contributed by atoms with Crippen molar-refractivity contribution in [3.63, 3.8) is 0 Å². The summed E-state index contributed by atoms with van der Waals surface area (Å²) >= 11 is 0. The van der Waals surface area contributed by atoms with Crippen molar-refractivity contribution in [2.75, 3.05) is 0 Å². The maximum atomic E-state index is 10.2. The Kier molecular flexibility index (Phi) is 8.41. The molecule has 0 aliphatic heterocycles. The number of rotatable bonds is 10. The topological polar surface area (TPSA) is 20.2 Å². The minimum atomic E-state index is 0.527. The number of aromatic hydroxyl groups is 1. The molecule has 114 valence electrons. The third kappa shape index (κ3) is 5.98. The Morgan fingerprint density at radius 3 is 2.00 bits per heavy atom. The van der Waals surface area contributed by atoms with E-state index < -0.39 is 0 Å². The summed E-state index contributed by atoms with van der Waals surface area (Å²) in [4.78, 5) is 0. The van der Waals surface area contributed by atoms with Gasteiger partial charge < -0.3 is 5.11 Å². The van der Waals surface area contributed by atoms with E-state index in [-0.39, 0.29) is 0 Å². The summed E-state index contributed by atoms with van der Waals surface area (Å²) in [7, 11) is 0. The molecule has 0 saturated carbocycles. The van der Waals surface area contributed by atoms with Gasteiger partial charge in [-0.2, -0.15) is 0 Å². The molecule has 0 unspecified atom stereocenters. The van der Waals surface area contributed by atoms with E-state index in [0.29, 0.717) is 5.75 Å². The second-order valence-corrected chi connectivity index (χ2v) is 6.04. The summed E-state index contributed by atoms with van der Waals surface area (Å²) in [5.74, 6) is 0.527. The van der Waals surface area contributed by atoms with Crippen LogP contribution in [0.3, 0.4) is 0 Å². The first-order valence-corrected chi connectivity index (χ1v) is 8.50. The van der Waals surface area contributed by atoms with Gasteiger partial charge in [0.25, 0.3) is 0 Å². The molecular formula is C19H32O. The molecule has 20 heavy (non-hydrogen) atoms. The lowest BCUT2D eigenvalue weighted by molar-refractivity contribution is 0.461. The van der Waals surface area contributed by atoms with Crippen molar-refractivity contribution in [3.8, 4) is 5.75 Å². The molecule has 1 nitrogen and oxygen atoms in total. The van der Waals surface area contributed by atoms with Crippen LogP contribution in [0.1, 0.15) is 81.9 Å². The van der Waals surface area contributed by atoms with Crippen molar-refractivity contribution in [1.82, 2.24) is 0 Å². The van der Waals surface area contributed by atoms with Crippen molar-refractivity contribution in [3.05, 3.63) is 28.8 Å². The Morgan fingerprint density at radius 1 is 0.800 bits per heavy atom. The first-order chi connectivity index (χ1) is 9.69. The zero-order valence-electron chi connectivity index (χ0n) is 13.7. The number of phenols is 1. The molecule has 1 N–H and O–H groups in total. The van der Waals surface area contributed by atoms with Crippen molar-refractivity contribution < 1.29 is 5.11 Å². The molecule has 0 bridgehead atoms. The lowest BCUT2D eigenvalue weighted by atomic mass is 9.97. The third-order valence-electron chi connectivity index (χ3n) is 4.06. The Labute approximate surface area is 125 Å². The van der Waals surface area contributed by atoms with Gasteiger partial charge in [0, 0.05) is 0 Å². The molecule has 0 spiro atoms. The first-order valence-electron chi connectivity index (χ1n) is 8.50. The zero-order valence-corrected chi connectivity index (χ0v) is 13.7. The van der Waals surface area contributed by atoms with Crippen molar-refractivity contribution >= 4 is 0 Å². The number of aryl methyl sites for hydroxylation is 3. The molecular weight excluding hydrogens is 244 g/mol. The van der Waals surface area contributed by atoms with Gasteiger partial charge in [-0.1, -0.05) is 64.5 Å². The van der Waals surface area contributed by atoms with Crippen molar-refractivity contribution in [2.45, 2.75) is 85.0 Å². The molecule has 1 rings (SSSR count). The molecule has 0 fully saturated rings. The minimum absolute atomic E-state index is 0.527. The van der Waals surface area contributed by atoms with Crippen LogP contribution in [0.15, 0.2) is 12.1 Å². The van der Waals surface area contributed by atoms with E-state index in [2.05, 4.69) is 26.0 Å². The number of phenolic OH excluding ortho intramolecular Hbond substituents is 1. The van der Waals surface area contributed by atoms with Crippen LogP contribution in [0, 0.1) is 6.92 Å². The van der Waals surface area contributed by atoms with Gasteiger partial charge >= 0.3 is 0 Å². The molecule has 0 aliphatic rings. The Bertz CT molecular complexity index is 382. The summed E-state index contributed by atoms with van der Waals surface area (Å²) in [5.41, 5.74) is 3.61. The largest absolute Gasteiger partial charge is 0.507 e. The molecule has 0 saturated heterocycles. The smallest absolute Gasteiger partial charge is 0.121 e. The van der Waals surface area contributed by atoms with Crippen molar-refractivity contribution in [1.29, 1.82) is 0 Å². The van der Waals surface area contributed by atoms with Gasteiger partial charge in [-0.15, -0.1) is 0 Å². The van der Waals surface area contributed by atoms with Crippen LogP contribution in [-0.2, 0) is 12.8 Å². The van der Waals surface area contributed by atoms with E-state index in [1.807, 2.05) is 6.92 Å². The Hall–Kier alpha value is -0.980. The molecule has 0 atom stereocenters. The van der Waals surface area contributed by atoms with E-state index in [4.69, 9.17) is 0 Å². The number of hydrogen-bond acceptors (Lipinski definition) is 1. The fraction of sp³-hybridized carbons (Fsp3) is 0.684. The number of unbranched alkanes of at least 4 members (excludes halogenated alkanes) is 6. The summed E-state index contributed by atoms with van der Waals surface area (Å²) < 4.78 is 0. The highest BCUT2D eigenvalue weighted by Gasteiger charge is 2.07. The SMILES string of the molecule is CCCCCCc1cc(C)c(O)c(CCCCCC)c1. The maximum absolute atomic E-state index is 10.2. The fourth-order valence-electron chi connectivity index (χ4n) is 2.77. The van der Waals surface area contributed by atoms with Gasteiger partial charge in [-0.3, -0.25) is 0 Å². The van der Waals surface area contributed by atoms with E-state index >= 15 is 0 Å². The van der Waals surface area contributed by atoms with Crippen LogP contribution in [0.25, 0.3) is 0 Å². The van der Waals surface area contributed by atoms with Gasteiger partial charge in [0.05, 0.1) is 0 Å². The maximum Gasteiger partial charge on any atom is 0.121 e. The fourth-order valence-corrected chi connectivity index (χ4v) is 2.77. The summed E-state index contributed by atoms with van der Waals surface area (Å²) in [6, 6.07) is 4.40. The average molecular weight is 276 g/mol. The molecule has 0 heterocycles. The minimum Gasteiger partial charge on any atom is -0.507 e. The van der Waals surface area contributed by atoms with Gasteiger partial charge in [0.1, 0.15) is 5.75 Å².